The molecule has 0 fully saturated rings. The van der Waals surface area contributed by atoms with Crippen LogP contribution in [0.1, 0.15) is 0 Å². The average Bonchev–Trinajstić information content (AvgIpc) is 1.81. The highest BCUT2D eigenvalue weighted by atomic mass is 127. The van der Waals surface area contributed by atoms with E-state index in [1.165, 1.54) is 0 Å². The molecule has 0 aromatic rings. The lowest BCUT2D eigenvalue weighted by molar-refractivity contribution is 1.82. The number of hydrogen-bond acceptors (Lipinski definition) is 0. The second-order valence-corrected chi connectivity index (χ2v) is 66.4. The first-order valence-electron chi connectivity index (χ1n) is 5.13. The van der Waals surface area contributed by atoms with Gasteiger partial charge in [-0.1, -0.05) is 52.4 Å². The first-order chi connectivity index (χ1) is 5.75. The van der Waals surface area contributed by atoms with E-state index in [4.69, 9.17) is 0 Å². The molecule has 6 heteroatoms. The van der Waals surface area contributed by atoms with E-state index in [-0.39, 0.29) is 0 Å². The average molecular weight is 486 g/mol. The van der Waals surface area contributed by atoms with Crippen molar-refractivity contribution in [3.8, 4) is 0 Å². The Balaban J connectivity index is 5.30. The first kappa shape index (κ1) is 16.3. The summed E-state index contributed by atoms with van der Waals surface area (Å²) in [6, 6.07) is 0. The predicted molar refractivity (Wildman–Crippen MR) is 98.0 cm³/mol. The van der Waals surface area contributed by atoms with Gasteiger partial charge in [0, 0.05) is 14.2 Å². The van der Waals surface area contributed by atoms with Gasteiger partial charge in [-0.15, -0.1) is 43.6 Å². The molecule has 0 aliphatic rings. The third kappa shape index (κ3) is 2.96. The molecule has 0 N–H and O–H groups in total. The van der Waals surface area contributed by atoms with Crippen LogP contribution in [0, 0.1) is 0 Å². The largest absolute Gasteiger partial charge is 0.123 e. The molecule has 0 saturated carbocycles. The molecule has 0 nitrogen and oxygen atoms in total. The van der Waals surface area contributed by atoms with Crippen molar-refractivity contribution in [2.45, 2.75) is 52.4 Å². The van der Waals surface area contributed by atoms with E-state index in [1.54, 1.807) is 0 Å². The van der Waals surface area contributed by atoms with Gasteiger partial charge in [0.1, 0.15) is 10.2 Å². The van der Waals surface area contributed by atoms with Crippen LogP contribution in [-0.4, -0.2) is 24.4 Å². The van der Waals surface area contributed by atoms with E-state index in [1.807, 2.05) is 0 Å². The zero-order valence-electron chi connectivity index (χ0n) is 10.8. The van der Waals surface area contributed by atoms with Crippen molar-refractivity contribution in [1.29, 1.82) is 0 Å². The summed E-state index contributed by atoms with van der Waals surface area (Å²) in [6.07, 6.45) is 0. The SMILES string of the molecule is C[Si](C)(I)[Si](C)(C)[Si](C)(C)[Si](C)(C)I. The molecule has 0 heterocycles. The summed E-state index contributed by atoms with van der Waals surface area (Å²) in [5, 5.41) is -1.86. The molecule has 0 bridgehead atoms. The van der Waals surface area contributed by atoms with Crippen molar-refractivity contribution >= 4 is 68.0 Å². The van der Waals surface area contributed by atoms with Gasteiger partial charge in [0.25, 0.3) is 0 Å². The lowest BCUT2D eigenvalue weighted by atomic mass is 11.9. The van der Waals surface area contributed by atoms with Gasteiger partial charge in [-0.25, -0.2) is 0 Å². The zero-order valence-corrected chi connectivity index (χ0v) is 19.1. The molecule has 0 amide bonds. The summed E-state index contributed by atoms with van der Waals surface area (Å²) in [7, 11) is -1.90. The van der Waals surface area contributed by atoms with E-state index in [0.29, 0.717) is 0 Å². The first-order valence-corrected chi connectivity index (χ1v) is 26.4. The topological polar surface area (TPSA) is 0 Å². The van der Waals surface area contributed by atoms with Crippen molar-refractivity contribution in [3.05, 3.63) is 0 Å². The minimum atomic E-state index is -0.949. The Hall–Kier alpha value is 2.33. The maximum Gasteiger partial charge on any atom is 0.108 e. The molecule has 0 unspecified atom stereocenters. The van der Waals surface area contributed by atoms with Crippen LogP contribution in [0.2, 0.25) is 52.4 Å². The van der Waals surface area contributed by atoms with E-state index in [0.717, 1.165) is 0 Å². The van der Waals surface area contributed by atoms with Gasteiger partial charge in [-0.3, -0.25) is 0 Å². The molecule has 14 heavy (non-hydrogen) atoms. The van der Waals surface area contributed by atoms with Gasteiger partial charge < -0.3 is 0 Å². The fourth-order valence-electron chi connectivity index (χ4n) is 1.49. The van der Waals surface area contributed by atoms with Crippen molar-refractivity contribution in [1.82, 2.24) is 0 Å². The molecule has 0 spiro atoms. The van der Waals surface area contributed by atoms with Crippen LogP contribution in [0.15, 0.2) is 0 Å². The van der Waals surface area contributed by atoms with E-state index in [2.05, 4.69) is 96.0 Å². The molecule has 0 radical (unpaired) electrons. The maximum atomic E-state index is 2.84. The number of halogens is 2. The van der Waals surface area contributed by atoms with Crippen LogP contribution in [0.3, 0.4) is 0 Å². The van der Waals surface area contributed by atoms with Crippen molar-refractivity contribution in [3.63, 3.8) is 0 Å². The van der Waals surface area contributed by atoms with Crippen LogP contribution in [0.4, 0.5) is 0 Å². The van der Waals surface area contributed by atoms with Crippen LogP contribution >= 0.6 is 43.6 Å². The summed E-state index contributed by atoms with van der Waals surface area (Å²) in [6.45, 7) is 21.1. The minimum absolute atomic E-state index is 0.930. The Bertz CT molecular complexity index is 188. The molecule has 0 aliphatic carbocycles. The number of hydrogen-bond donors (Lipinski definition) is 0. The molecule has 0 rings (SSSR count). The third-order valence-corrected chi connectivity index (χ3v) is 99.0. The van der Waals surface area contributed by atoms with Gasteiger partial charge in [0.05, 0.1) is 0 Å². The fraction of sp³-hybridized carbons (Fsp3) is 1.00. The fourth-order valence-corrected chi connectivity index (χ4v) is 107. The number of rotatable bonds is 3. The Morgan fingerprint density at radius 1 is 0.500 bits per heavy atom. The van der Waals surface area contributed by atoms with Gasteiger partial charge in [0.15, 0.2) is 0 Å². The molecule has 86 valence electrons. The summed E-state index contributed by atoms with van der Waals surface area (Å²) in [4.78, 5) is 0. The van der Waals surface area contributed by atoms with E-state index >= 15 is 0 Å². The van der Waals surface area contributed by atoms with Gasteiger partial charge in [0.2, 0.25) is 0 Å². The predicted octanol–water partition coefficient (Wildman–Crippen LogP) is 4.92. The summed E-state index contributed by atoms with van der Waals surface area (Å²) in [5.74, 6) is 0. The Morgan fingerprint density at radius 3 is 0.714 bits per heavy atom. The Kier molecular flexibility index (Phi) is 5.29. The minimum Gasteiger partial charge on any atom is -0.123 e. The zero-order chi connectivity index (χ0) is 12.0. The van der Waals surface area contributed by atoms with Crippen LogP contribution in [0.25, 0.3) is 0 Å². The van der Waals surface area contributed by atoms with Crippen molar-refractivity contribution in [2.24, 2.45) is 0 Å². The maximum absolute atomic E-state index is 2.84. The van der Waals surface area contributed by atoms with Crippen LogP contribution in [-0.2, 0) is 0 Å². The third-order valence-electron chi connectivity index (χ3n) is 4.53. The van der Waals surface area contributed by atoms with Gasteiger partial charge >= 0.3 is 0 Å². The van der Waals surface area contributed by atoms with Crippen LogP contribution < -0.4 is 0 Å². The molecule has 0 aromatic carbocycles. The van der Waals surface area contributed by atoms with Crippen LogP contribution in [0.5, 0.6) is 0 Å². The molecule has 0 saturated heterocycles. The molecule has 0 aromatic heterocycles. The summed E-state index contributed by atoms with van der Waals surface area (Å²) < 4.78 is 0. The van der Waals surface area contributed by atoms with Crippen molar-refractivity contribution < 1.29 is 0 Å². The summed E-state index contributed by atoms with van der Waals surface area (Å²) in [5.41, 5.74) is 0. The second kappa shape index (κ2) is 4.54. The van der Waals surface area contributed by atoms with E-state index < -0.39 is 24.4 Å². The molecule has 0 atom stereocenters. The standard InChI is InChI=1S/C8H24I2Si4/c1-11(2,9)13(5,6)14(7,8)12(3,4)10/h1-8H3. The summed E-state index contributed by atoms with van der Waals surface area (Å²) >= 11 is 5.68. The highest BCUT2D eigenvalue weighted by molar-refractivity contribution is 14.1. The monoisotopic (exact) mass is 486 g/mol. The second-order valence-electron chi connectivity index (χ2n) is 6.19. The Labute approximate surface area is 119 Å². The Morgan fingerprint density at radius 2 is 0.643 bits per heavy atom. The smallest absolute Gasteiger partial charge is 0.108 e. The molecule has 0 aliphatic heterocycles. The highest BCUT2D eigenvalue weighted by Gasteiger charge is 2.57. The van der Waals surface area contributed by atoms with Gasteiger partial charge in [-0.2, -0.15) is 0 Å². The molecular formula is C8H24I2Si4. The van der Waals surface area contributed by atoms with E-state index in [9.17, 15) is 0 Å². The molecular weight excluding hydrogens is 462 g/mol. The lowest BCUT2D eigenvalue weighted by Gasteiger charge is -2.50. The normalized spacial score (nSPS) is 15.9. The van der Waals surface area contributed by atoms with Gasteiger partial charge in [-0.05, 0) is 0 Å². The lowest BCUT2D eigenvalue weighted by Crippen LogP contribution is -2.75. The van der Waals surface area contributed by atoms with Crippen molar-refractivity contribution in [2.75, 3.05) is 0 Å². The highest BCUT2D eigenvalue weighted by Crippen LogP contribution is 2.40. The quantitative estimate of drug-likeness (QED) is 0.302.